The predicted octanol–water partition coefficient (Wildman–Crippen LogP) is 3.63. The number of aldehydes is 1. The van der Waals surface area contributed by atoms with Gasteiger partial charge < -0.3 is 9.15 Å². The van der Waals surface area contributed by atoms with E-state index in [0.29, 0.717) is 28.6 Å². The maximum atomic E-state index is 10.4. The number of halogens is 1. The van der Waals surface area contributed by atoms with E-state index in [9.17, 15) is 4.79 Å². The molecule has 0 spiro atoms. The van der Waals surface area contributed by atoms with Gasteiger partial charge in [-0.2, -0.15) is 0 Å². The molecule has 0 bridgehead atoms. The molecule has 0 unspecified atom stereocenters. The summed E-state index contributed by atoms with van der Waals surface area (Å²) >= 11 is 6.02. The lowest BCUT2D eigenvalue weighted by Gasteiger charge is -2.06. The summed E-state index contributed by atoms with van der Waals surface area (Å²) in [6, 6.07) is 8.85. The second kappa shape index (κ2) is 5.06. The van der Waals surface area contributed by atoms with Gasteiger partial charge in [0.15, 0.2) is 12.0 Å². The molecule has 0 fully saturated rings. The molecular weight excluding hydrogens is 240 g/mol. The summed E-state index contributed by atoms with van der Waals surface area (Å²) < 4.78 is 10.7. The average Bonchev–Trinajstić information content (AvgIpc) is 2.76. The third kappa shape index (κ3) is 2.88. The Balaban J connectivity index is 2.04. The number of carbonyl (C=O) groups excluding carboxylic acids is 1. The van der Waals surface area contributed by atoms with E-state index in [2.05, 4.69) is 0 Å². The first-order valence-electron chi connectivity index (χ1n) is 5.12. The summed E-state index contributed by atoms with van der Waals surface area (Å²) in [6.45, 7) is 2.20. The summed E-state index contributed by atoms with van der Waals surface area (Å²) in [4.78, 5) is 10.4. The molecule has 0 aliphatic carbocycles. The van der Waals surface area contributed by atoms with Crippen molar-refractivity contribution < 1.29 is 13.9 Å². The molecule has 0 saturated carbocycles. The van der Waals surface area contributed by atoms with Crippen molar-refractivity contribution in [1.29, 1.82) is 0 Å². The molecule has 88 valence electrons. The van der Waals surface area contributed by atoms with E-state index in [4.69, 9.17) is 20.8 Å². The zero-order valence-electron chi connectivity index (χ0n) is 9.27. The Kier molecular flexibility index (Phi) is 3.49. The number of furan rings is 1. The van der Waals surface area contributed by atoms with Gasteiger partial charge in [0.25, 0.3) is 0 Å². The van der Waals surface area contributed by atoms with Crippen molar-refractivity contribution in [3.63, 3.8) is 0 Å². The molecule has 0 N–H and O–H groups in total. The molecule has 1 aromatic carbocycles. The van der Waals surface area contributed by atoms with Crippen LogP contribution in [-0.2, 0) is 6.61 Å². The maximum Gasteiger partial charge on any atom is 0.185 e. The smallest absolute Gasteiger partial charge is 0.185 e. The van der Waals surface area contributed by atoms with Crippen molar-refractivity contribution in [2.75, 3.05) is 0 Å². The number of hydrogen-bond donors (Lipinski definition) is 0. The van der Waals surface area contributed by atoms with Gasteiger partial charge >= 0.3 is 0 Å². The van der Waals surface area contributed by atoms with Crippen LogP contribution in [0.25, 0.3) is 0 Å². The van der Waals surface area contributed by atoms with E-state index in [0.717, 1.165) is 5.56 Å². The fraction of sp³-hybridized carbons (Fsp3) is 0.154. The number of hydrogen-bond acceptors (Lipinski definition) is 3. The van der Waals surface area contributed by atoms with Crippen LogP contribution < -0.4 is 4.74 Å². The standard InChI is InChI=1S/C13H11ClO3/c1-9-2-5-13(12(14)6-9)16-8-11-4-3-10(7-15)17-11/h2-7H,8H2,1H3. The van der Waals surface area contributed by atoms with Crippen molar-refractivity contribution in [1.82, 2.24) is 0 Å². The van der Waals surface area contributed by atoms with Gasteiger partial charge in [-0.05, 0) is 36.8 Å². The minimum Gasteiger partial charge on any atom is -0.484 e. The summed E-state index contributed by atoms with van der Waals surface area (Å²) in [7, 11) is 0. The van der Waals surface area contributed by atoms with Crippen LogP contribution in [-0.4, -0.2) is 6.29 Å². The molecule has 3 nitrogen and oxygen atoms in total. The lowest BCUT2D eigenvalue weighted by Crippen LogP contribution is -1.94. The Bertz CT molecular complexity index is 531. The van der Waals surface area contributed by atoms with Gasteiger partial charge in [-0.1, -0.05) is 17.7 Å². The Labute approximate surface area is 104 Å². The van der Waals surface area contributed by atoms with Crippen LogP contribution in [0.4, 0.5) is 0 Å². The van der Waals surface area contributed by atoms with E-state index >= 15 is 0 Å². The molecule has 0 saturated heterocycles. The first-order chi connectivity index (χ1) is 8.19. The van der Waals surface area contributed by atoms with Crippen LogP contribution in [0.1, 0.15) is 21.9 Å². The fourth-order valence-corrected chi connectivity index (χ4v) is 1.70. The number of aryl methyl sites for hydroxylation is 1. The molecule has 2 rings (SSSR count). The zero-order valence-corrected chi connectivity index (χ0v) is 10.0. The summed E-state index contributed by atoms with van der Waals surface area (Å²) in [5.41, 5.74) is 1.07. The van der Waals surface area contributed by atoms with Crippen LogP contribution in [0.2, 0.25) is 5.02 Å². The Hall–Kier alpha value is -1.74. The normalized spacial score (nSPS) is 10.2. The van der Waals surface area contributed by atoms with Crippen LogP contribution in [0.15, 0.2) is 34.7 Å². The number of carbonyl (C=O) groups is 1. The Morgan fingerprint density at radius 2 is 2.18 bits per heavy atom. The predicted molar refractivity (Wildman–Crippen MR) is 64.6 cm³/mol. The number of ether oxygens (including phenoxy) is 1. The second-order valence-corrected chi connectivity index (χ2v) is 4.05. The fourth-order valence-electron chi connectivity index (χ4n) is 1.41. The van der Waals surface area contributed by atoms with Gasteiger partial charge in [0.05, 0.1) is 5.02 Å². The van der Waals surface area contributed by atoms with Crippen LogP contribution in [0.3, 0.4) is 0 Å². The van der Waals surface area contributed by atoms with Crippen molar-refractivity contribution in [3.8, 4) is 5.75 Å². The summed E-state index contributed by atoms with van der Waals surface area (Å²) in [5.74, 6) is 1.48. The Morgan fingerprint density at radius 1 is 1.35 bits per heavy atom. The van der Waals surface area contributed by atoms with Gasteiger partial charge in [0.1, 0.15) is 18.1 Å². The van der Waals surface area contributed by atoms with Crippen molar-refractivity contribution in [2.24, 2.45) is 0 Å². The van der Waals surface area contributed by atoms with Crippen molar-refractivity contribution in [3.05, 3.63) is 52.4 Å². The molecule has 0 aliphatic heterocycles. The highest BCUT2D eigenvalue weighted by atomic mass is 35.5. The van der Waals surface area contributed by atoms with Gasteiger partial charge in [-0.25, -0.2) is 0 Å². The highest BCUT2D eigenvalue weighted by Gasteiger charge is 2.05. The monoisotopic (exact) mass is 250 g/mol. The highest BCUT2D eigenvalue weighted by molar-refractivity contribution is 6.32. The molecule has 17 heavy (non-hydrogen) atoms. The zero-order chi connectivity index (χ0) is 12.3. The van der Waals surface area contributed by atoms with Gasteiger partial charge in [0.2, 0.25) is 0 Å². The maximum absolute atomic E-state index is 10.4. The van der Waals surface area contributed by atoms with E-state index in [1.165, 1.54) is 0 Å². The van der Waals surface area contributed by atoms with E-state index in [1.807, 2.05) is 19.1 Å². The molecule has 1 heterocycles. The van der Waals surface area contributed by atoms with Gasteiger partial charge in [-0.3, -0.25) is 4.79 Å². The van der Waals surface area contributed by atoms with Crippen molar-refractivity contribution in [2.45, 2.75) is 13.5 Å². The van der Waals surface area contributed by atoms with E-state index in [-0.39, 0.29) is 6.61 Å². The minimum atomic E-state index is 0.247. The van der Waals surface area contributed by atoms with Crippen LogP contribution in [0.5, 0.6) is 5.75 Å². The van der Waals surface area contributed by atoms with Crippen LogP contribution in [0, 0.1) is 6.92 Å². The first-order valence-corrected chi connectivity index (χ1v) is 5.49. The second-order valence-electron chi connectivity index (χ2n) is 3.64. The van der Waals surface area contributed by atoms with Crippen LogP contribution >= 0.6 is 11.6 Å². The van der Waals surface area contributed by atoms with E-state index < -0.39 is 0 Å². The quantitative estimate of drug-likeness (QED) is 0.778. The molecule has 0 aliphatic rings. The average molecular weight is 251 g/mol. The number of rotatable bonds is 4. The molecule has 2 aromatic rings. The first kappa shape index (κ1) is 11.7. The molecule has 0 atom stereocenters. The molecule has 0 amide bonds. The van der Waals surface area contributed by atoms with Gasteiger partial charge in [-0.15, -0.1) is 0 Å². The lowest BCUT2D eigenvalue weighted by atomic mass is 10.2. The summed E-state index contributed by atoms with van der Waals surface area (Å²) in [5, 5.41) is 0.562. The van der Waals surface area contributed by atoms with Gasteiger partial charge in [0, 0.05) is 0 Å². The number of benzene rings is 1. The largest absolute Gasteiger partial charge is 0.484 e. The minimum absolute atomic E-state index is 0.247. The SMILES string of the molecule is Cc1ccc(OCc2ccc(C=O)o2)c(Cl)c1. The van der Waals surface area contributed by atoms with E-state index in [1.54, 1.807) is 18.2 Å². The Morgan fingerprint density at radius 3 is 2.82 bits per heavy atom. The highest BCUT2D eigenvalue weighted by Crippen LogP contribution is 2.26. The molecular formula is C13H11ClO3. The summed E-state index contributed by atoms with van der Waals surface area (Å²) in [6.07, 6.45) is 0.655. The third-order valence-corrected chi connectivity index (χ3v) is 2.55. The molecule has 0 radical (unpaired) electrons. The lowest BCUT2D eigenvalue weighted by molar-refractivity contribution is 0.109. The van der Waals surface area contributed by atoms with Crippen molar-refractivity contribution >= 4 is 17.9 Å². The topological polar surface area (TPSA) is 39.4 Å². The molecule has 4 heteroatoms. The molecule has 1 aromatic heterocycles. The third-order valence-electron chi connectivity index (χ3n) is 2.26.